The third-order valence-electron chi connectivity index (χ3n) is 2.00. The van der Waals surface area contributed by atoms with Crippen LogP contribution in [-0.4, -0.2) is 35.0 Å². The monoisotopic (exact) mass is 246 g/mol. The third kappa shape index (κ3) is 7.99. The first-order valence-electron chi connectivity index (χ1n) is 5.92. The van der Waals surface area contributed by atoms with Crippen LogP contribution in [0, 0.1) is 0 Å². The maximum absolute atomic E-state index is 11.8. The quantitative estimate of drug-likeness (QED) is 0.753. The van der Waals surface area contributed by atoms with Gasteiger partial charge in [0.1, 0.15) is 0 Å². The summed E-state index contributed by atoms with van der Waals surface area (Å²) in [6.45, 7) is 12.2. The highest BCUT2D eigenvalue weighted by atomic mass is 32.2. The highest BCUT2D eigenvalue weighted by Crippen LogP contribution is 2.03. The number of carbonyl (C=O) groups is 1. The first-order chi connectivity index (χ1) is 7.26. The Balaban J connectivity index is 3.95. The minimum atomic E-state index is -0.158. The maximum atomic E-state index is 11.8. The molecule has 0 saturated carbocycles. The summed E-state index contributed by atoms with van der Waals surface area (Å²) in [5.41, 5.74) is -0.158. The van der Waals surface area contributed by atoms with Crippen LogP contribution in [0.25, 0.3) is 0 Å². The lowest BCUT2D eigenvalue weighted by Crippen LogP contribution is -2.51. The van der Waals surface area contributed by atoms with Gasteiger partial charge in [-0.15, -0.1) is 0 Å². The smallest absolute Gasteiger partial charge is 0.237 e. The van der Waals surface area contributed by atoms with Gasteiger partial charge in [0, 0.05) is 17.3 Å². The number of hydrogen-bond acceptors (Lipinski definition) is 3. The Hall–Kier alpha value is -0.220. The fourth-order valence-electron chi connectivity index (χ4n) is 1.32. The Morgan fingerprint density at radius 1 is 1.31 bits per heavy atom. The molecule has 0 aromatic heterocycles. The van der Waals surface area contributed by atoms with Crippen molar-refractivity contribution < 1.29 is 4.79 Å². The summed E-state index contributed by atoms with van der Waals surface area (Å²) in [5.74, 6) is 2.24. The molecule has 0 aromatic rings. The Morgan fingerprint density at radius 2 is 1.88 bits per heavy atom. The van der Waals surface area contributed by atoms with Crippen molar-refractivity contribution in [3.8, 4) is 0 Å². The Kier molecular flexibility index (Phi) is 7.07. The standard InChI is InChI=1S/C12H26N2OS/c1-7-16-8-9(2)13-10(3)11(15)14-12(4,5)6/h9-10,13H,7-8H2,1-6H3,(H,14,15). The minimum absolute atomic E-state index is 0.0702. The van der Waals surface area contributed by atoms with E-state index in [-0.39, 0.29) is 17.5 Å². The van der Waals surface area contributed by atoms with Gasteiger partial charge in [-0.3, -0.25) is 4.79 Å². The average Bonchev–Trinajstić information content (AvgIpc) is 2.11. The molecule has 0 aliphatic carbocycles. The van der Waals surface area contributed by atoms with Crippen molar-refractivity contribution in [1.29, 1.82) is 0 Å². The molecule has 2 atom stereocenters. The van der Waals surface area contributed by atoms with Gasteiger partial charge in [0.05, 0.1) is 6.04 Å². The van der Waals surface area contributed by atoms with Gasteiger partial charge in [0.15, 0.2) is 0 Å². The van der Waals surface area contributed by atoms with Crippen molar-refractivity contribution in [1.82, 2.24) is 10.6 Å². The van der Waals surface area contributed by atoms with E-state index in [1.807, 2.05) is 39.5 Å². The van der Waals surface area contributed by atoms with E-state index in [9.17, 15) is 4.79 Å². The van der Waals surface area contributed by atoms with E-state index >= 15 is 0 Å². The molecule has 0 radical (unpaired) electrons. The van der Waals surface area contributed by atoms with Gasteiger partial charge < -0.3 is 10.6 Å². The Morgan fingerprint density at radius 3 is 2.31 bits per heavy atom. The number of thioether (sulfide) groups is 1. The molecule has 0 saturated heterocycles. The van der Waals surface area contributed by atoms with E-state index in [0.29, 0.717) is 6.04 Å². The fourth-order valence-corrected chi connectivity index (χ4v) is 2.01. The highest BCUT2D eigenvalue weighted by Gasteiger charge is 2.20. The predicted molar refractivity (Wildman–Crippen MR) is 73.0 cm³/mol. The predicted octanol–water partition coefficient (Wildman–Crippen LogP) is 2.02. The number of rotatable bonds is 6. The minimum Gasteiger partial charge on any atom is -0.350 e. The van der Waals surface area contributed by atoms with E-state index in [0.717, 1.165) is 11.5 Å². The summed E-state index contributed by atoms with van der Waals surface area (Å²) in [6.07, 6.45) is 0. The zero-order chi connectivity index (χ0) is 12.8. The topological polar surface area (TPSA) is 41.1 Å². The molecule has 2 N–H and O–H groups in total. The van der Waals surface area contributed by atoms with Crippen molar-refractivity contribution in [2.45, 2.75) is 59.2 Å². The molecule has 0 aromatic carbocycles. The maximum Gasteiger partial charge on any atom is 0.237 e. The lowest BCUT2D eigenvalue weighted by atomic mass is 10.1. The van der Waals surface area contributed by atoms with Crippen LogP contribution in [0.4, 0.5) is 0 Å². The molecule has 0 aliphatic rings. The number of carbonyl (C=O) groups excluding carboxylic acids is 1. The normalized spacial score (nSPS) is 15.6. The van der Waals surface area contributed by atoms with Crippen LogP contribution in [0.15, 0.2) is 0 Å². The highest BCUT2D eigenvalue weighted by molar-refractivity contribution is 7.99. The van der Waals surface area contributed by atoms with Crippen molar-refractivity contribution in [2.24, 2.45) is 0 Å². The molecule has 2 unspecified atom stereocenters. The summed E-state index contributed by atoms with van der Waals surface area (Å²) < 4.78 is 0. The zero-order valence-electron chi connectivity index (χ0n) is 11.4. The molecule has 0 fully saturated rings. The molecule has 0 heterocycles. The second-order valence-corrected chi connectivity index (χ2v) is 6.51. The van der Waals surface area contributed by atoms with Crippen LogP contribution in [0.5, 0.6) is 0 Å². The van der Waals surface area contributed by atoms with E-state index in [4.69, 9.17) is 0 Å². The van der Waals surface area contributed by atoms with Gasteiger partial charge in [0.25, 0.3) is 0 Å². The van der Waals surface area contributed by atoms with E-state index in [1.54, 1.807) is 0 Å². The molecule has 0 rings (SSSR count). The van der Waals surface area contributed by atoms with Gasteiger partial charge in [-0.2, -0.15) is 11.8 Å². The lowest BCUT2D eigenvalue weighted by Gasteiger charge is -2.25. The van der Waals surface area contributed by atoms with Crippen LogP contribution in [0.1, 0.15) is 41.5 Å². The summed E-state index contributed by atoms with van der Waals surface area (Å²) in [7, 11) is 0. The summed E-state index contributed by atoms with van der Waals surface area (Å²) in [6, 6.07) is 0.234. The molecular formula is C12H26N2OS. The van der Waals surface area contributed by atoms with Gasteiger partial charge in [-0.25, -0.2) is 0 Å². The van der Waals surface area contributed by atoms with Crippen molar-refractivity contribution >= 4 is 17.7 Å². The van der Waals surface area contributed by atoms with Crippen molar-refractivity contribution in [2.75, 3.05) is 11.5 Å². The number of nitrogens with one attached hydrogen (secondary N) is 2. The van der Waals surface area contributed by atoms with Crippen LogP contribution in [0.3, 0.4) is 0 Å². The second kappa shape index (κ2) is 7.17. The van der Waals surface area contributed by atoms with Crippen LogP contribution in [-0.2, 0) is 4.79 Å². The SMILES string of the molecule is CCSCC(C)NC(C)C(=O)NC(C)(C)C. The first-order valence-corrected chi connectivity index (χ1v) is 7.07. The molecular weight excluding hydrogens is 220 g/mol. The Bertz CT molecular complexity index is 214. The van der Waals surface area contributed by atoms with E-state index in [2.05, 4.69) is 24.5 Å². The molecule has 0 spiro atoms. The largest absolute Gasteiger partial charge is 0.350 e. The summed E-state index contributed by atoms with van der Waals surface area (Å²) in [5, 5.41) is 6.28. The van der Waals surface area contributed by atoms with Gasteiger partial charge >= 0.3 is 0 Å². The second-order valence-electron chi connectivity index (χ2n) is 5.19. The molecule has 4 heteroatoms. The average molecular weight is 246 g/mol. The van der Waals surface area contributed by atoms with E-state index in [1.165, 1.54) is 0 Å². The van der Waals surface area contributed by atoms with Gasteiger partial charge in [0.2, 0.25) is 5.91 Å². The summed E-state index contributed by atoms with van der Waals surface area (Å²) in [4.78, 5) is 11.8. The molecule has 0 bridgehead atoms. The molecule has 96 valence electrons. The molecule has 0 aliphatic heterocycles. The van der Waals surface area contributed by atoms with Crippen LogP contribution >= 0.6 is 11.8 Å². The van der Waals surface area contributed by atoms with Crippen molar-refractivity contribution in [3.63, 3.8) is 0 Å². The number of hydrogen-bond donors (Lipinski definition) is 2. The fraction of sp³-hybridized carbons (Fsp3) is 0.917. The molecule has 3 nitrogen and oxygen atoms in total. The summed E-state index contributed by atoms with van der Waals surface area (Å²) >= 11 is 1.89. The van der Waals surface area contributed by atoms with Crippen molar-refractivity contribution in [3.05, 3.63) is 0 Å². The zero-order valence-corrected chi connectivity index (χ0v) is 12.2. The molecule has 1 amide bonds. The van der Waals surface area contributed by atoms with Gasteiger partial charge in [-0.05, 0) is 40.4 Å². The van der Waals surface area contributed by atoms with Crippen LogP contribution < -0.4 is 10.6 Å². The first kappa shape index (κ1) is 15.8. The number of amides is 1. The Labute approximate surface area is 104 Å². The van der Waals surface area contributed by atoms with Crippen LogP contribution in [0.2, 0.25) is 0 Å². The molecule has 16 heavy (non-hydrogen) atoms. The third-order valence-corrected chi connectivity index (χ3v) is 3.14. The van der Waals surface area contributed by atoms with Gasteiger partial charge in [-0.1, -0.05) is 6.92 Å². The lowest BCUT2D eigenvalue weighted by molar-refractivity contribution is -0.124. The van der Waals surface area contributed by atoms with E-state index < -0.39 is 0 Å².